The average molecular weight is 372 g/mol. The van der Waals surface area contributed by atoms with Crippen molar-refractivity contribution in [1.82, 2.24) is 19.6 Å². The van der Waals surface area contributed by atoms with Crippen molar-refractivity contribution < 1.29 is 14.3 Å². The van der Waals surface area contributed by atoms with E-state index in [-0.39, 0.29) is 23.3 Å². The van der Waals surface area contributed by atoms with E-state index < -0.39 is 17.4 Å². The molecular weight excluding hydrogens is 344 g/mol. The Labute approximate surface area is 159 Å². The van der Waals surface area contributed by atoms with Gasteiger partial charge in [0.2, 0.25) is 11.8 Å². The number of ether oxygens (including phenoxy) is 1. The van der Waals surface area contributed by atoms with Crippen molar-refractivity contribution in [3.63, 3.8) is 0 Å². The Kier molecular flexibility index (Phi) is 4.00. The zero-order valence-electron chi connectivity index (χ0n) is 16.7. The fraction of sp³-hybridized carbons (Fsp3) is 0.650. The number of amides is 2. The molecule has 7 heteroatoms. The molecule has 2 unspecified atom stereocenters. The minimum Gasteiger partial charge on any atom is -0.360 e. The molecule has 1 aromatic rings. The number of aryl methyl sites for hydroxylation is 1. The lowest BCUT2D eigenvalue weighted by molar-refractivity contribution is -0.143. The topological polar surface area (TPSA) is 67.7 Å². The summed E-state index contributed by atoms with van der Waals surface area (Å²) in [6, 6.07) is 0. The van der Waals surface area contributed by atoms with Crippen molar-refractivity contribution >= 4 is 11.8 Å². The number of hydrogen-bond donors (Lipinski definition) is 0. The Morgan fingerprint density at radius 3 is 2.81 bits per heavy atom. The van der Waals surface area contributed by atoms with Gasteiger partial charge in [0, 0.05) is 38.9 Å². The summed E-state index contributed by atoms with van der Waals surface area (Å²) in [6.07, 6.45) is 7.32. The van der Waals surface area contributed by atoms with Crippen LogP contribution in [0.2, 0.25) is 0 Å². The summed E-state index contributed by atoms with van der Waals surface area (Å²) in [6.45, 7) is 8.02. The molecule has 4 heterocycles. The highest BCUT2D eigenvalue weighted by atomic mass is 16.5. The van der Waals surface area contributed by atoms with Crippen LogP contribution >= 0.6 is 0 Å². The number of nitrogens with zero attached hydrogens (tertiary/aromatic N) is 4. The molecule has 1 aromatic heterocycles. The van der Waals surface area contributed by atoms with Gasteiger partial charge in [-0.1, -0.05) is 32.9 Å². The maximum Gasteiger partial charge on any atom is 0.230 e. The number of hydrogen-bond acceptors (Lipinski definition) is 4. The average Bonchev–Trinajstić information content (AvgIpc) is 3.28. The number of rotatable bonds is 4. The van der Waals surface area contributed by atoms with Crippen LogP contribution in [0.3, 0.4) is 0 Å². The van der Waals surface area contributed by atoms with Gasteiger partial charge in [-0.25, -0.2) is 0 Å². The first kappa shape index (κ1) is 18.2. The largest absolute Gasteiger partial charge is 0.360 e. The zero-order valence-corrected chi connectivity index (χ0v) is 16.7. The van der Waals surface area contributed by atoms with E-state index in [2.05, 4.69) is 25.9 Å². The zero-order chi connectivity index (χ0) is 19.6. The molecule has 146 valence electrons. The second-order valence-corrected chi connectivity index (χ2v) is 9.37. The smallest absolute Gasteiger partial charge is 0.230 e. The lowest BCUT2D eigenvalue weighted by atomic mass is 9.76. The maximum atomic E-state index is 13.2. The standard InChI is InChI=1S/C20H28N4O3/c1-19(2,3)11-24-12-20-7-6-14(27-20)15(16(20)18(24)26)17(25)22(4)9-13-8-21-23(5)10-13/h6-8,10,14-16H,9,11-12H2,1-5H3/t14-,15?,16?,20-/m0/s1. The second-order valence-electron chi connectivity index (χ2n) is 9.37. The molecule has 2 fully saturated rings. The predicted molar refractivity (Wildman–Crippen MR) is 99.4 cm³/mol. The van der Waals surface area contributed by atoms with E-state index in [1.54, 1.807) is 22.8 Å². The van der Waals surface area contributed by atoms with Gasteiger partial charge in [-0.2, -0.15) is 5.10 Å². The lowest BCUT2D eigenvalue weighted by Crippen LogP contribution is -2.44. The van der Waals surface area contributed by atoms with E-state index >= 15 is 0 Å². The van der Waals surface area contributed by atoms with Crippen LogP contribution in [0, 0.1) is 17.3 Å². The molecule has 4 atom stereocenters. The quantitative estimate of drug-likeness (QED) is 0.745. The van der Waals surface area contributed by atoms with Gasteiger partial charge in [-0.05, 0) is 5.41 Å². The van der Waals surface area contributed by atoms with Gasteiger partial charge in [-0.3, -0.25) is 14.3 Å². The first-order valence-corrected chi connectivity index (χ1v) is 9.48. The van der Waals surface area contributed by atoms with Crippen LogP contribution < -0.4 is 0 Å². The molecule has 0 aromatic carbocycles. The van der Waals surface area contributed by atoms with E-state index in [1.165, 1.54) is 0 Å². The van der Waals surface area contributed by atoms with E-state index in [9.17, 15) is 9.59 Å². The number of fused-ring (bicyclic) bond motifs is 1. The third-order valence-corrected chi connectivity index (χ3v) is 5.68. The molecule has 3 aliphatic heterocycles. The van der Waals surface area contributed by atoms with Crippen LogP contribution in [0.1, 0.15) is 26.3 Å². The van der Waals surface area contributed by atoms with Crippen molar-refractivity contribution in [2.75, 3.05) is 20.1 Å². The van der Waals surface area contributed by atoms with Gasteiger partial charge in [0.15, 0.2) is 0 Å². The summed E-state index contributed by atoms with van der Waals surface area (Å²) in [5.74, 6) is -0.858. The van der Waals surface area contributed by atoms with Gasteiger partial charge in [0.25, 0.3) is 0 Å². The second kappa shape index (κ2) is 5.92. The molecule has 1 spiro atoms. The van der Waals surface area contributed by atoms with E-state index in [0.717, 1.165) is 5.56 Å². The first-order chi connectivity index (χ1) is 12.6. The molecule has 2 amide bonds. The van der Waals surface area contributed by atoms with Gasteiger partial charge >= 0.3 is 0 Å². The summed E-state index contributed by atoms with van der Waals surface area (Å²) in [5.41, 5.74) is 0.334. The minimum atomic E-state index is -0.636. The van der Waals surface area contributed by atoms with Crippen LogP contribution in [-0.4, -0.2) is 63.2 Å². The Hall–Kier alpha value is -2.15. The molecule has 3 aliphatic rings. The van der Waals surface area contributed by atoms with Crippen molar-refractivity contribution in [1.29, 1.82) is 0 Å². The fourth-order valence-electron chi connectivity index (χ4n) is 4.73. The SMILES string of the molecule is CN(Cc1cnn(C)c1)C(=O)C1C2C(=O)N(CC(C)(C)C)C[C@@]23C=C[C@@H]1O3. The number of carbonyl (C=O) groups is 2. The minimum absolute atomic E-state index is 0.00324. The molecule has 2 bridgehead atoms. The number of carbonyl (C=O) groups excluding carboxylic acids is 2. The van der Waals surface area contributed by atoms with Crippen molar-refractivity contribution in [3.05, 3.63) is 30.1 Å². The predicted octanol–water partition coefficient (Wildman–Crippen LogP) is 1.21. The normalized spacial score (nSPS) is 31.7. The van der Waals surface area contributed by atoms with Crippen LogP contribution in [0.25, 0.3) is 0 Å². The molecule has 0 saturated carbocycles. The summed E-state index contributed by atoms with van der Waals surface area (Å²) >= 11 is 0. The Morgan fingerprint density at radius 1 is 1.44 bits per heavy atom. The van der Waals surface area contributed by atoms with Crippen LogP contribution in [0.5, 0.6) is 0 Å². The number of aromatic nitrogens is 2. The van der Waals surface area contributed by atoms with Gasteiger partial charge in [0.05, 0.1) is 30.7 Å². The van der Waals surface area contributed by atoms with Gasteiger partial charge in [0.1, 0.15) is 5.60 Å². The van der Waals surface area contributed by atoms with Crippen molar-refractivity contribution in [3.8, 4) is 0 Å². The van der Waals surface area contributed by atoms with Crippen LogP contribution in [-0.2, 0) is 27.9 Å². The molecule has 0 N–H and O–H groups in total. The molecule has 2 saturated heterocycles. The first-order valence-electron chi connectivity index (χ1n) is 9.48. The highest BCUT2D eigenvalue weighted by Gasteiger charge is 2.67. The highest BCUT2D eigenvalue weighted by Crippen LogP contribution is 2.52. The number of likely N-dealkylation sites (tertiary alicyclic amines) is 1. The van der Waals surface area contributed by atoms with Crippen molar-refractivity contribution in [2.45, 2.75) is 39.0 Å². The summed E-state index contributed by atoms with van der Waals surface area (Å²) in [5, 5.41) is 4.15. The van der Waals surface area contributed by atoms with Crippen LogP contribution in [0.15, 0.2) is 24.5 Å². The van der Waals surface area contributed by atoms with Crippen molar-refractivity contribution in [2.24, 2.45) is 24.3 Å². The highest BCUT2D eigenvalue weighted by molar-refractivity contribution is 5.93. The summed E-state index contributed by atoms with van der Waals surface area (Å²) in [4.78, 5) is 30.0. The molecule has 27 heavy (non-hydrogen) atoms. The van der Waals surface area contributed by atoms with Crippen LogP contribution in [0.4, 0.5) is 0 Å². The van der Waals surface area contributed by atoms with Gasteiger partial charge < -0.3 is 14.5 Å². The molecule has 0 radical (unpaired) electrons. The Morgan fingerprint density at radius 2 is 2.19 bits per heavy atom. The fourth-order valence-corrected chi connectivity index (χ4v) is 4.73. The molecule has 4 rings (SSSR count). The van der Waals surface area contributed by atoms with E-state index in [1.807, 2.05) is 30.3 Å². The maximum absolute atomic E-state index is 13.2. The lowest BCUT2D eigenvalue weighted by Gasteiger charge is -2.29. The molecular formula is C20H28N4O3. The summed E-state index contributed by atoms with van der Waals surface area (Å²) < 4.78 is 7.92. The monoisotopic (exact) mass is 372 g/mol. The Balaban J connectivity index is 1.54. The third kappa shape index (κ3) is 2.98. The van der Waals surface area contributed by atoms with Gasteiger partial charge in [-0.15, -0.1) is 0 Å². The third-order valence-electron chi connectivity index (χ3n) is 5.68. The molecule has 0 aliphatic carbocycles. The summed E-state index contributed by atoms with van der Waals surface area (Å²) in [7, 11) is 3.63. The molecule has 7 nitrogen and oxygen atoms in total. The Bertz CT molecular complexity index is 808. The van der Waals surface area contributed by atoms with E-state index in [0.29, 0.717) is 19.6 Å². The van der Waals surface area contributed by atoms with E-state index in [4.69, 9.17) is 4.74 Å².